The molecule has 0 aliphatic heterocycles. The zero-order valence-electron chi connectivity index (χ0n) is 14.1. The van der Waals surface area contributed by atoms with Crippen molar-refractivity contribution in [3.63, 3.8) is 0 Å². The zero-order valence-corrected chi connectivity index (χ0v) is 14.9. The van der Waals surface area contributed by atoms with Crippen LogP contribution in [0.1, 0.15) is 50.4 Å². The summed E-state index contributed by atoms with van der Waals surface area (Å²) in [6.45, 7) is 10.2. The largest absolute Gasteiger partial charge is 0.331 e. The Bertz CT molecular complexity index is 681. The Balaban J connectivity index is 2.23. The molecule has 0 aliphatic carbocycles. The van der Waals surface area contributed by atoms with Crippen LogP contribution in [-0.4, -0.2) is 10.8 Å². The highest BCUT2D eigenvalue weighted by molar-refractivity contribution is 7.13. The van der Waals surface area contributed by atoms with Crippen molar-refractivity contribution in [2.45, 2.75) is 46.5 Å². The van der Waals surface area contributed by atoms with E-state index in [0.717, 1.165) is 30.1 Å². The maximum atomic E-state index is 12.0. The molecule has 0 unspecified atom stereocenters. The Hall–Kier alpha value is -1.94. The van der Waals surface area contributed by atoms with Gasteiger partial charge in [-0.3, -0.25) is 4.79 Å². The number of Topliss-reactive ketones (excluding diaryl/α,β-unsaturated/α-hetero) is 1. The number of hydrogen-bond acceptors (Lipinski definition) is 4. The second-order valence-corrected chi connectivity index (χ2v) is 6.33. The lowest BCUT2D eigenvalue weighted by Gasteiger charge is -2.13. The highest BCUT2D eigenvalue weighted by atomic mass is 32.1. The van der Waals surface area contributed by atoms with Gasteiger partial charge in [0.15, 0.2) is 10.9 Å². The van der Waals surface area contributed by atoms with Crippen molar-refractivity contribution in [1.29, 1.82) is 0 Å². The molecule has 0 radical (unpaired) electrons. The van der Waals surface area contributed by atoms with Crippen LogP contribution in [0.25, 0.3) is 5.57 Å². The van der Waals surface area contributed by atoms with Crippen LogP contribution in [0.15, 0.2) is 30.2 Å². The molecule has 0 aliphatic rings. The molecule has 0 spiro atoms. The molecular formula is C19H24N2OS. The maximum absolute atomic E-state index is 12.0. The third-order valence-electron chi connectivity index (χ3n) is 3.86. The number of aromatic nitrogens is 1. The summed E-state index contributed by atoms with van der Waals surface area (Å²) in [5.74, 6) is 0.0764. The molecule has 2 rings (SSSR count). The van der Waals surface area contributed by atoms with Gasteiger partial charge in [0, 0.05) is 23.1 Å². The van der Waals surface area contributed by atoms with Crippen molar-refractivity contribution < 1.29 is 4.79 Å². The average Bonchev–Trinajstić information content (AvgIpc) is 3.03. The molecule has 122 valence electrons. The molecular weight excluding hydrogens is 304 g/mol. The molecule has 4 heteroatoms. The van der Waals surface area contributed by atoms with E-state index in [1.54, 1.807) is 0 Å². The maximum Gasteiger partial charge on any atom is 0.187 e. The van der Waals surface area contributed by atoms with Crippen molar-refractivity contribution in [2.75, 3.05) is 5.32 Å². The molecule has 0 atom stereocenters. The van der Waals surface area contributed by atoms with Gasteiger partial charge in [-0.25, -0.2) is 4.98 Å². The first-order valence-corrected chi connectivity index (χ1v) is 9.04. The molecule has 2 aromatic rings. The van der Waals surface area contributed by atoms with Crippen LogP contribution in [0.5, 0.6) is 0 Å². The van der Waals surface area contributed by atoms with Gasteiger partial charge >= 0.3 is 0 Å². The minimum atomic E-state index is 0.0764. The summed E-state index contributed by atoms with van der Waals surface area (Å²) in [6.07, 6.45) is 3.29. The number of carbonyl (C=O) groups excluding carboxylic acids is 1. The van der Waals surface area contributed by atoms with Crippen LogP contribution in [0, 0.1) is 0 Å². The molecule has 23 heavy (non-hydrogen) atoms. The van der Waals surface area contributed by atoms with Crippen molar-refractivity contribution in [3.05, 3.63) is 47.0 Å². The Labute approximate surface area is 142 Å². The number of benzene rings is 1. The quantitative estimate of drug-likeness (QED) is 0.660. The molecule has 0 saturated carbocycles. The van der Waals surface area contributed by atoms with Gasteiger partial charge in [-0.1, -0.05) is 45.5 Å². The number of rotatable bonds is 8. The molecule has 0 fully saturated rings. The first kappa shape index (κ1) is 17.4. The van der Waals surface area contributed by atoms with E-state index in [4.69, 9.17) is 0 Å². The Morgan fingerprint density at radius 2 is 1.87 bits per heavy atom. The number of anilines is 2. The summed E-state index contributed by atoms with van der Waals surface area (Å²) >= 11 is 1.51. The third-order valence-corrected chi connectivity index (χ3v) is 4.62. The summed E-state index contributed by atoms with van der Waals surface area (Å²) < 4.78 is 0. The molecule has 0 amide bonds. The van der Waals surface area contributed by atoms with Gasteiger partial charge in [0.1, 0.15) is 0 Å². The molecule has 3 nitrogen and oxygen atoms in total. The molecule has 1 N–H and O–H groups in total. The van der Waals surface area contributed by atoms with Crippen molar-refractivity contribution in [2.24, 2.45) is 0 Å². The fourth-order valence-corrected chi connectivity index (χ4v) is 3.23. The van der Waals surface area contributed by atoms with E-state index < -0.39 is 0 Å². The van der Waals surface area contributed by atoms with Crippen molar-refractivity contribution in [1.82, 2.24) is 4.98 Å². The SMILES string of the molecule is C=C(C(=O)CCC)c1csc(Nc2c(CC)cccc2CC)n1. The smallest absolute Gasteiger partial charge is 0.187 e. The van der Waals surface area contributed by atoms with Gasteiger partial charge in [0.2, 0.25) is 0 Å². The summed E-state index contributed by atoms with van der Waals surface area (Å²) in [5.41, 5.74) is 4.89. The third kappa shape index (κ3) is 4.08. The van der Waals surface area contributed by atoms with Gasteiger partial charge in [-0.05, 0) is 30.4 Å². The number of allylic oxidation sites excluding steroid dienone is 1. The fourth-order valence-electron chi connectivity index (χ4n) is 2.50. The lowest BCUT2D eigenvalue weighted by Crippen LogP contribution is -2.02. The fraction of sp³-hybridized carbons (Fsp3) is 0.368. The van der Waals surface area contributed by atoms with Gasteiger partial charge in [0.25, 0.3) is 0 Å². The van der Waals surface area contributed by atoms with Crippen LogP contribution < -0.4 is 5.32 Å². The molecule has 1 heterocycles. The van der Waals surface area contributed by atoms with E-state index in [0.29, 0.717) is 17.7 Å². The molecule has 1 aromatic heterocycles. The van der Waals surface area contributed by atoms with Crippen LogP contribution >= 0.6 is 11.3 Å². The standard InChI is InChI=1S/C19H24N2OS/c1-5-9-17(22)13(4)16-12-23-19(20-16)21-18-14(6-2)10-8-11-15(18)7-3/h8,10-12H,4-7,9H2,1-3H3,(H,20,21). The Morgan fingerprint density at radius 3 is 2.43 bits per heavy atom. The number of nitrogens with one attached hydrogen (secondary N) is 1. The second kappa shape index (κ2) is 8.06. The number of nitrogens with zero attached hydrogens (tertiary/aromatic N) is 1. The molecule has 0 saturated heterocycles. The number of carbonyl (C=O) groups is 1. The van der Waals surface area contributed by atoms with Crippen LogP contribution in [0.4, 0.5) is 10.8 Å². The van der Waals surface area contributed by atoms with Gasteiger partial charge in [-0.15, -0.1) is 11.3 Å². The van der Waals surface area contributed by atoms with E-state index >= 15 is 0 Å². The van der Waals surface area contributed by atoms with Crippen molar-refractivity contribution in [3.8, 4) is 0 Å². The Morgan fingerprint density at radius 1 is 1.22 bits per heavy atom. The monoisotopic (exact) mass is 328 g/mol. The topological polar surface area (TPSA) is 42.0 Å². The number of aryl methyl sites for hydroxylation is 2. The summed E-state index contributed by atoms with van der Waals surface area (Å²) in [4.78, 5) is 16.5. The minimum absolute atomic E-state index is 0.0764. The van der Waals surface area contributed by atoms with E-state index in [2.05, 4.69) is 48.9 Å². The lowest BCUT2D eigenvalue weighted by molar-refractivity contribution is -0.113. The summed E-state index contributed by atoms with van der Waals surface area (Å²) in [6, 6.07) is 6.38. The molecule has 1 aromatic carbocycles. The average molecular weight is 328 g/mol. The van der Waals surface area contributed by atoms with E-state index in [1.807, 2.05) is 12.3 Å². The van der Waals surface area contributed by atoms with Crippen molar-refractivity contribution >= 4 is 33.5 Å². The van der Waals surface area contributed by atoms with Crippen LogP contribution in [0.2, 0.25) is 0 Å². The van der Waals surface area contributed by atoms with Crippen LogP contribution in [-0.2, 0) is 17.6 Å². The number of ketones is 1. The normalized spacial score (nSPS) is 10.6. The minimum Gasteiger partial charge on any atom is -0.331 e. The van der Waals surface area contributed by atoms with Crippen LogP contribution in [0.3, 0.4) is 0 Å². The van der Waals surface area contributed by atoms with Gasteiger partial charge < -0.3 is 5.32 Å². The number of thiazole rings is 1. The lowest BCUT2D eigenvalue weighted by atomic mass is 10.0. The number of hydrogen-bond donors (Lipinski definition) is 1. The van der Waals surface area contributed by atoms with E-state index in [-0.39, 0.29) is 5.78 Å². The van der Waals surface area contributed by atoms with Gasteiger partial charge in [0.05, 0.1) is 5.69 Å². The first-order chi connectivity index (χ1) is 11.1. The van der Waals surface area contributed by atoms with E-state index in [9.17, 15) is 4.79 Å². The van der Waals surface area contributed by atoms with E-state index in [1.165, 1.54) is 22.5 Å². The van der Waals surface area contributed by atoms with Gasteiger partial charge in [-0.2, -0.15) is 0 Å². The highest BCUT2D eigenvalue weighted by Crippen LogP contribution is 2.29. The summed E-state index contributed by atoms with van der Waals surface area (Å²) in [5, 5.41) is 6.15. The first-order valence-electron chi connectivity index (χ1n) is 8.16. The zero-order chi connectivity index (χ0) is 16.8. The predicted molar refractivity (Wildman–Crippen MR) is 99.5 cm³/mol. The summed E-state index contributed by atoms with van der Waals surface area (Å²) in [7, 11) is 0. The molecule has 0 bridgehead atoms. The predicted octanol–water partition coefficient (Wildman–Crippen LogP) is 5.39. The number of para-hydroxylation sites is 1. The Kier molecular flexibility index (Phi) is 6.11. The highest BCUT2D eigenvalue weighted by Gasteiger charge is 2.14. The second-order valence-electron chi connectivity index (χ2n) is 5.47.